The van der Waals surface area contributed by atoms with E-state index >= 15 is 0 Å². The summed E-state index contributed by atoms with van der Waals surface area (Å²) in [6.07, 6.45) is 1.87. The Morgan fingerprint density at radius 2 is 2.22 bits per heavy atom. The van der Waals surface area contributed by atoms with Gasteiger partial charge in [-0.05, 0) is 19.1 Å². The highest BCUT2D eigenvalue weighted by Crippen LogP contribution is 2.15. The Kier molecular flexibility index (Phi) is 4.78. The zero-order valence-corrected chi connectivity index (χ0v) is 11.1. The normalized spacial score (nSPS) is 17.6. The molecule has 1 atom stereocenters. The van der Waals surface area contributed by atoms with Crippen LogP contribution >= 0.6 is 0 Å². The summed E-state index contributed by atoms with van der Waals surface area (Å²) in [6.45, 7) is 6.17. The number of pyridine rings is 1. The molecule has 1 aromatic rings. The molecule has 18 heavy (non-hydrogen) atoms. The predicted octanol–water partition coefficient (Wildman–Crippen LogP) is 1.36. The summed E-state index contributed by atoms with van der Waals surface area (Å²) in [5.41, 5.74) is 1.02. The first-order valence-corrected chi connectivity index (χ1v) is 6.34. The van der Waals surface area contributed by atoms with Crippen molar-refractivity contribution in [3.8, 4) is 0 Å². The third-order valence-electron chi connectivity index (χ3n) is 2.91. The molecule has 1 unspecified atom stereocenters. The minimum atomic E-state index is 0.283. The molecule has 0 aliphatic carbocycles. The molecule has 1 fully saturated rings. The molecule has 0 radical (unpaired) electrons. The minimum Gasteiger partial charge on any atom is -0.383 e. The minimum absolute atomic E-state index is 0.283. The smallest absolute Gasteiger partial charge is 0.128 e. The van der Waals surface area contributed by atoms with Crippen molar-refractivity contribution in [2.24, 2.45) is 0 Å². The van der Waals surface area contributed by atoms with Gasteiger partial charge in [0.1, 0.15) is 5.82 Å². The van der Waals surface area contributed by atoms with Gasteiger partial charge >= 0.3 is 0 Å². The zero-order chi connectivity index (χ0) is 12.8. The van der Waals surface area contributed by atoms with E-state index in [1.807, 2.05) is 12.3 Å². The average molecular weight is 251 g/mol. The Morgan fingerprint density at radius 3 is 2.83 bits per heavy atom. The van der Waals surface area contributed by atoms with Gasteiger partial charge in [-0.25, -0.2) is 4.98 Å². The fourth-order valence-corrected chi connectivity index (χ4v) is 2.03. The fraction of sp³-hybridized carbons (Fsp3) is 0.615. The van der Waals surface area contributed by atoms with Crippen LogP contribution in [-0.4, -0.2) is 51.0 Å². The van der Waals surface area contributed by atoms with Crippen LogP contribution in [0.3, 0.4) is 0 Å². The number of hydrogen-bond donors (Lipinski definition) is 1. The standard InChI is InChI=1S/C13H21N3O2/c1-11(10-17-2)15-12-3-4-13(14-9-12)16-5-7-18-8-6-16/h3-4,9,11,15H,5-8,10H2,1-2H3. The Morgan fingerprint density at radius 1 is 1.44 bits per heavy atom. The van der Waals surface area contributed by atoms with Crippen molar-refractivity contribution in [3.05, 3.63) is 18.3 Å². The van der Waals surface area contributed by atoms with Crippen molar-refractivity contribution in [3.63, 3.8) is 0 Å². The van der Waals surface area contributed by atoms with E-state index in [1.54, 1.807) is 7.11 Å². The molecule has 5 heteroatoms. The highest BCUT2D eigenvalue weighted by atomic mass is 16.5. The maximum atomic E-state index is 5.33. The lowest BCUT2D eigenvalue weighted by Gasteiger charge is -2.27. The summed E-state index contributed by atoms with van der Waals surface area (Å²) < 4.78 is 10.4. The van der Waals surface area contributed by atoms with Gasteiger partial charge in [0.05, 0.1) is 31.7 Å². The van der Waals surface area contributed by atoms with E-state index in [0.29, 0.717) is 6.61 Å². The molecule has 2 rings (SSSR count). The van der Waals surface area contributed by atoms with Crippen molar-refractivity contribution >= 4 is 11.5 Å². The second-order valence-electron chi connectivity index (χ2n) is 4.51. The van der Waals surface area contributed by atoms with Crippen LogP contribution in [0.2, 0.25) is 0 Å². The van der Waals surface area contributed by atoms with Gasteiger partial charge in [0.15, 0.2) is 0 Å². The highest BCUT2D eigenvalue weighted by Gasteiger charge is 2.12. The van der Waals surface area contributed by atoms with E-state index < -0.39 is 0 Å². The number of ether oxygens (including phenoxy) is 2. The summed E-state index contributed by atoms with van der Waals surface area (Å²) in [5.74, 6) is 1.02. The topological polar surface area (TPSA) is 46.6 Å². The highest BCUT2D eigenvalue weighted by molar-refractivity contribution is 5.49. The van der Waals surface area contributed by atoms with E-state index in [2.05, 4.69) is 28.2 Å². The summed E-state index contributed by atoms with van der Waals surface area (Å²) in [7, 11) is 1.71. The zero-order valence-electron chi connectivity index (χ0n) is 11.1. The van der Waals surface area contributed by atoms with Crippen LogP contribution in [0.4, 0.5) is 11.5 Å². The summed E-state index contributed by atoms with van der Waals surface area (Å²) in [5, 5.41) is 3.34. The summed E-state index contributed by atoms with van der Waals surface area (Å²) in [6, 6.07) is 4.39. The third kappa shape index (κ3) is 3.58. The Bertz CT molecular complexity index is 350. The number of aromatic nitrogens is 1. The molecule has 0 saturated carbocycles. The van der Waals surface area contributed by atoms with Crippen LogP contribution in [-0.2, 0) is 9.47 Å². The molecule has 0 spiro atoms. The van der Waals surface area contributed by atoms with Crippen LogP contribution in [0, 0.1) is 0 Å². The lowest BCUT2D eigenvalue weighted by atomic mass is 10.3. The number of hydrogen-bond acceptors (Lipinski definition) is 5. The Labute approximate surface area is 108 Å². The first kappa shape index (κ1) is 13.1. The summed E-state index contributed by atoms with van der Waals surface area (Å²) in [4.78, 5) is 6.72. The molecule has 1 aliphatic heterocycles. The third-order valence-corrected chi connectivity index (χ3v) is 2.91. The molecule has 2 heterocycles. The van der Waals surface area contributed by atoms with Gasteiger partial charge in [-0.15, -0.1) is 0 Å². The first-order valence-electron chi connectivity index (χ1n) is 6.34. The van der Waals surface area contributed by atoms with Crippen molar-refractivity contribution in [2.45, 2.75) is 13.0 Å². The molecule has 5 nitrogen and oxygen atoms in total. The first-order chi connectivity index (χ1) is 8.79. The van der Waals surface area contributed by atoms with Crippen LogP contribution in [0.25, 0.3) is 0 Å². The van der Waals surface area contributed by atoms with Crippen LogP contribution in [0.15, 0.2) is 18.3 Å². The van der Waals surface area contributed by atoms with E-state index in [4.69, 9.17) is 9.47 Å². The number of rotatable bonds is 5. The second-order valence-corrected chi connectivity index (χ2v) is 4.51. The van der Waals surface area contributed by atoms with Crippen molar-refractivity contribution in [1.29, 1.82) is 0 Å². The molecule has 1 aliphatic rings. The van der Waals surface area contributed by atoms with Gasteiger partial charge in [0.2, 0.25) is 0 Å². The van der Waals surface area contributed by atoms with Gasteiger partial charge in [-0.3, -0.25) is 0 Å². The molecule has 100 valence electrons. The quantitative estimate of drug-likeness (QED) is 0.856. The fourth-order valence-electron chi connectivity index (χ4n) is 2.03. The van der Waals surface area contributed by atoms with Gasteiger partial charge in [0.25, 0.3) is 0 Å². The van der Waals surface area contributed by atoms with Crippen molar-refractivity contribution in [1.82, 2.24) is 4.98 Å². The largest absolute Gasteiger partial charge is 0.383 e. The predicted molar refractivity (Wildman–Crippen MR) is 72.2 cm³/mol. The molecule has 0 bridgehead atoms. The molecule has 1 aromatic heterocycles. The monoisotopic (exact) mass is 251 g/mol. The van der Waals surface area contributed by atoms with Crippen molar-refractivity contribution in [2.75, 3.05) is 50.2 Å². The molecule has 0 aromatic carbocycles. The SMILES string of the molecule is COCC(C)Nc1ccc(N2CCOCC2)nc1. The van der Waals surface area contributed by atoms with Crippen LogP contribution in [0.1, 0.15) is 6.92 Å². The number of nitrogens with one attached hydrogen (secondary N) is 1. The maximum Gasteiger partial charge on any atom is 0.128 e. The van der Waals surface area contributed by atoms with Crippen LogP contribution in [0.5, 0.6) is 0 Å². The number of nitrogens with zero attached hydrogens (tertiary/aromatic N) is 2. The van der Waals surface area contributed by atoms with Gasteiger partial charge in [0, 0.05) is 26.2 Å². The molecule has 1 N–H and O–H groups in total. The van der Waals surface area contributed by atoms with Gasteiger partial charge in [-0.1, -0.05) is 0 Å². The van der Waals surface area contributed by atoms with E-state index in [1.165, 1.54) is 0 Å². The van der Waals surface area contributed by atoms with E-state index in [9.17, 15) is 0 Å². The summed E-state index contributed by atoms with van der Waals surface area (Å²) >= 11 is 0. The average Bonchev–Trinajstić information content (AvgIpc) is 2.41. The van der Waals surface area contributed by atoms with Crippen LogP contribution < -0.4 is 10.2 Å². The number of methoxy groups -OCH3 is 1. The lowest BCUT2D eigenvalue weighted by Crippen LogP contribution is -2.36. The Balaban J connectivity index is 1.92. The maximum absolute atomic E-state index is 5.33. The Hall–Kier alpha value is -1.33. The molecular weight excluding hydrogens is 230 g/mol. The molecule has 0 amide bonds. The van der Waals surface area contributed by atoms with Gasteiger partial charge < -0.3 is 19.7 Å². The van der Waals surface area contributed by atoms with E-state index in [-0.39, 0.29) is 6.04 Å². The van der Waals surface area contributed by atoms with E-state index in [0.717, 1.165) is 37.8 Å². The number of morpholine rings is 1. The van der Waals surface area contributed by atoms with Crippen molar-refractivity contribution < 1.29 is 9.47 Å². The lowest BCUT2D eigenvalue weighted by molar-refractivity contribution is 0.122. The second kappa shape index (κ2) is 6.56. The molecule has 1 saturated heterocycles. The van der Waals surface area contributed by atoms with Gasteiger partial charge in [-0.2, -0.15) is 0 Å². The molecular formula is C13H21N3O2. The number of anilines is 2.